The fourth-order valence-electron chi connectivity index (χ4n) is 1.30. The minimum atomic E-state index is -1.73. The first-order valence-corrected chi connectivity index (χ1v) is 4.69. The number of methoxy groups -OCH3 is 1. The summed E-state index contributed by atoms with van der Waals surface area (Å²) in [6, 6.07) is 6.09. The van der Waals surface area contributed by atoms with Gasteiger partial charge in [0.1, 0.15) is 6.10 Å². The summed E-state index contributed by atoms with van der Waals surface area (Å²) in [4.78, 5) is 13.6. The van der Waals surface area contributed by atoms with Gasteiger partial charge in [0, 0.05) is 10.6 Å². The Balaban J connectivity index is 3.07. The van der Waals surface area contributed by atoms with E-state index in [4.69, 9.17) is 5.53 Å². The van der Waals surface area contributed by atoms with Gasteiger partial charge in [0.15, 0.2) is 6.10 Å². The maximum atomic E-state index is 11.1. The van der Waals surface area contributed by atoms with Crippen LogP contribution in [0.2, 0.25) is 0 Å². The number of aliphatic hydroxyl groups is 2. The normalized spacial score (nSPS) is 13.4. The molecule has 2 atom stereocenters. The van der Waals surface area contributed by atoms with E-state index in [2.05, 4.69) is 14.8 Å². The summed E-state index contributed by atoms with van der Waals surface area (Å²) >= 11 is 0. The molecule has 0 saturated carbocycles. The van der Waals surface area contributed by atoms with Crippen LogP contribution in [0.25, 0.3) is 10.4 Å². The van der Waals surface area contributed by atoms with Crippen LogP contribution < -0.4 is 0 Å². The lowest BCUT2D eigenvalue weighted by atomic mass is 10.0. The molecular formula is C10H11N3O4. The van der Waals surface area contributed by atoms with Crippen molar-refractivity contribution in [3.8, 4) is 0 Å². The molecule has 1 aromatic carbocycles. The van der Waals surface area contributed by atoms with Gasteiger partial charge >= 0.3 is 5.97 Å². The fraction of sp³-hybridized carbons (Fsp3) is 0.300. The third-order valence-electron chi connectivity index (χ3n) is 2.15. The minimum absolute atomic E-state index is 0.144. The zero-order valence-corrected chi connectivity index (χ0v) is 9.02. The third kappa shape index (κ3) is 2.94. The predicted molar refractivity (Wildman–Crippen MR) is 58.2 cm³/mol. The van der Waals surface area contributed by atoms with Gasteiger partial charge < -0.3 is 14.9 Å². The molecule has 0 amide bonds. The lowest BCUT2D eigenvalue weighted by Crippen LogP contribution is -2.29. The summed E-state index contributed by atoms with van der Waals surface area (Å²) < 4.78 is 4.30. The molecule has 0 aliphatic heterocycles. The molecule has 90 valence electrons. The van der Waals surface area contributed by atoms with Gasteiger partial charge in [-0.25, -0.2) is 4.79 Å². The smallest absolute Gasteiger partial charge is 0.337 e. The van der Waals surface area contributed by atoms with Gasteiger partial charge in [-0.3, -0.25) is 0 Å². The summed E-state index contributed by atoms with van der Waals surface area (Å²) in [5, 5.41) is 22.6. The van der Waals surface area contributed by atoms with Crippen LogP contribution >= 0.6 is 0 Å². The van der Waals surface area contributed by atoms with Crippen molar-refractivity contribution < 1.29 is 19.7 Å². The Bertz CT molecular complexity index is 457. The van der Waals surface area contributed by atoms with Crippen molar-refractivity contribution >= 4 is 11.7 Å². The Morgan fingerprint density at radius 2 is 2.12 bits per heavy atom. The Labute approximate surface area is 96.9 Å². The maximum absolute atomic E-state index is 11.1. The summed E-state index contributed by atoms with van der Waals surface area (Å²) in [6.07, 6.45) is -3.24. The molecule has 0 saturated heterocycles. The fourth-order valence-corrected chi connectivity index (χ4v) is 1.30. The minimum Gasteiger partial charge on any atom is -0.467 e. The average Bonchev–Trinajstić information content (AvgIpc) is 2.37. The van der Waals surface area contributed by atoms with E-state index in [1.165, 1.54) is 12.1 Å². The Morgan fingerprint density at radius 3 is 2.71 bits per heavy atom. The second kappa shape index (κ2) is 5.86. The number of benzene rings is 1. The zero-order valence-electron chi connectivity index (χ0n) is 9.02. The Morgan fingerprint density at radius 1 is 1.47 bits per heavy atom. The summed E-state index contributed by atoms with van der Waals surface area (Å²) in [7, 11) is 1.09. The van der Waals surface area contributed by atoms with Crippen LogP contribution in [0.1, 0.15) is 11.7 Å². The van der Waals surface area contributed by atoms with Gasteiger partial charge in [-0.1, -0.05) is 29.4 Å². The maximum Gasteiger partial charge on any atom is 0.337 e. The standard InChI is InChI=1S/C10H11N3O4/c1-17-10(16)9(15)8(14)6-4-2-3-5-7(6)12-13-11/h2-5,8-9,14-15H,1H3. The molecule has 2 N–H and O–H groups in total. The van der Waals surface area contributed by atoms with Gasteiger partial charge in [0.05, 0.1) is 7.11 Å². The quantitative estimate of drug-likeness (QED) is 0.354. The first kappa shape index (κ1) is 13.0. The van der Waals surface area contributed by atoms with Crippen molar-refractivity contribution in [1.29, 1.82) is 0 Å². The van der Waals surface area contributed by atoms with Gasteiger partial charge in [-0.2, -0.15) is 0 Å². The summed E-state index contributed by atoms with van der Waals surface area (Å²) in [6.45, 7) is 0. The molecule has 0 spiro atoms. The molecule has 7 nitrogen and oxygen atoms in total. The number of hydrogen-bond acceptors (Lipinski definition) is 5. The number of esters is 1. The highest BCUT2D eigenvalue weighted by Gasteiger charge is 2.27. The summed E-state index contributed by atoms with van der Waals surface area (Å²) in [5.74, 6) is -0.965. The predicted octanol–water partition coefficient (Wildman–Crippen LogP) is 1.20. The van der Waals surface area contributed by atoms with Crippen molar-refractivity contribution in [1.82, 2.24) is 0 Å². The molecule has 17 heavy (non-hydrogen) atoms. The van der Waals surface area contributed by atoms with Gasteiger partial charge in [0.2, 0.25) is 0 Å². The van der Waals surface area contributed by atoms with Crippen molar-refractivity contribution in [3.63, 3.8) is 0 Å². The molecule has 0 bridgehead atoms. The highest BCUT2D eigenvalue weighted by Crippen LogP contribution is 2.27. The van der Waals surface area contributed by atoms with Crippen LogP contribution in [0.4, 0.5) is 5.69 Å². The number of rotatable bonds is 4. The molecule has 0 aromatic heterocycles. The number of ether oxygens (including phenoxy) is 1. The molecule has 0 radical (unpaired) electrons. The van der Waals surface area contributed by atoms with E-state index in [9.17, 15) is 15.0 Å². The lowest BCUT2D eigenvalue weighted by molar-refractivity contribution is -0.156. The first-order valence-electron chi connectivity index (χ1n) is 4.69. The largest absolute Gasteiger partial charge is 0.467 e. The Kier molecular flexibility index (Phi) is 4.47. The molecule has 0 heterocycles. The topological polar surface area (TPSA) is 116 Å². The van der Waals surface area contributed by atoms with Crippen LogP contribution in [0.5, 0.6) is 0 Å². The number of aliphatic hydroxyl groups excluding tert-OH is 2. The van der Waals surface area contributed by atoms with Gasteiger partial charge in [0.25, 0.3) is 0 Å². The van der Waals surface area contributed by atoms with Crippen LogP contribution in [0.3, 0.4) is 0 Å². The average molecular weight is 237 g/mol. The lowest BCUT2D eigenvalue weighted by Gasteiger charge is -2.17. The second-order valence-corrected chi connectivity index (χ2v) is 3.16. The van der Waals surface area contributed by atoms with E-state index < -0.39 is 18.2 Å². The second-order valence-electron chi connectivity index (χ2n) is 3.16. The number of carbonyl (C=O) groups excluding carboxylic acids is 1. The van der Waals surface area contributed by atoms with E-state index >= 15 is 0 Å². The monoisotopic (exact) mass is 237 g/mol. The van der Waals surface area contributed by atoms with Crippen LogP contribution in [-0.4, -0.2) is 29.4 Å². The SMILES string of the molecule is COC(=O)C(O)C(O)c1ccccc1N=[N+]=[N-]. The number of hydrogen-bond donors (Lipinski definition) is 2. The van der Waals surface area contributed by atoms with E-state index in [-0.39, 0.29) is 11.3 Å². The van der Waals surface area contributed by atoms with Crippen LogP contribution in [0.15, 0.2) is 29.4 Å². The van der Waals surface area contributed by atoms with Crippen molar-refractivity contribution in [2.24, 2.45) is 5.11 Å². The Hall–Kier alpha value is -2.08. The van der Waals surface area contributed by atoms with Crippen LogP contribution in [-0.2, 0) is 9.53 Å². The molecule has 7 heteroatoms. The molecular weight excluding hydrogens is 226 g/mol. The van der Waals surface area contributed by atoms with Crippen molar-refractivity contribution in [3.05, 3.63) is 40.3 Å². The third-order valence-corrected chi connectivity index (χ3v) is 2.15. The number of azide groups is 1. The van der Waals surface area contributed by atoms with E-state index in [1.807, 2.05) is 0 Å². The molecule has 0 aliphatic carbocycles. The molecule has 0 fully saturated rings. The van der Waals surface area contributed by atoms with Crippen molar-refractivity contribution in [2.45, 2.75) is 12.2 Å². The number of carbonyl (C=O) groups is 1. The molecule has 2 unspecified atom stereocenters. The van der Waals surface area contributed by atoms with Crippen LogP contribution in [0, 0.1) is 0 Å². The van der Waals surface area contributed by atoms with Crippen molar-refractivity contribution in [2.75, 3.05) is 7.11 Å². The van der Waals surface area contributed by atoms with Gasteiger partial charge in [-0.05, 0) is 11.1 Å². The molecule has 1 aromatic rings. The van der Waals surface area contributed by atoms with Gasteiger partial charge in [-0.15, -0.1) is 0 Å². The highest BCUT2D eigenvalue weighted by molar-refractivity contribution is 5.75. The number of nitrogens with zero attached hydrogens (tertiary/aromatic N) is 3. The van der Waals surface area contributed by atoms with E-state index in [1.54, 1.807) is 12.1 Å². The van der Waals surface area contributed by atoms with E-state index in [0.29, 0.717) is 0 Å². The highest BCUT2D eigenvalue weighted by atomic mass is 16.5. The molecule has 1 rings (SSSR count). The first-order chi connectivity index (χ1) is 8.11. The van der Waals surface area contributed by atoms with E-state index in [0.717, 1.165) is 7.11 Å². The zero-order chi connectivity index (χ0) is 12.8. The summed E-state index contributed by atoms with van der Waals surface area (Å²) in [5.41, 5.74) is 8.64. The molecule has 0 aliphatic rings.